The first-order valence-electron chi connectivity index (χ1n) is 6.59. The molecule has 0 heterocycles. The number of hydrogen-bond acceptors (Lipinski definition) is 3. The van der Waals surface area contributed by atoms with Crippen LogP contribution in [0.25, 0.3) is 0 Å². The van der Waals surface area contributed by atoms with Crippen molar-refractivity contribution in [2.75, 3.05) is 0 Å². The third-order valence-electron chi connectivity index (χ3n) is 3.21. The Morgan fingerprint density at radius 2 is 2.19 bits per heavy atom. The SMILES string of the molecule is CC(Oc1cccc(F)c1)C(=O)NC1C=CC(C(=O)O)C1. The Labute approximate surface area is 121 Å². The third-order valence-corrected chi connectivity index (χ3v) is 3.21. The molecule has 0 saturated carbocycles. The lowest BCUT2D eigenvalue weighted by atomic mass is 10.1. The highest BCUT2D eigenvalue weighted by Crippen LogP contribution is 2.18. The largest absolute Gasteiger partial charge is 0.481 e. The number of carbonyl (C=O) groups is 2. The molecule has 6 heteroatoms. The zero-order valence-corrected chi connectivity index (χ0v) is 11.5. The van der Waals surface area contributed by atoms with Gasteiger partial charge in [-0.15, -0.1) is 0 Å². The maximum absolute atomic E-state index is 13.0. The number of hydrogen-bond donors (Lipinski definition) is 2. The molecule has 3 atom stereocenters. The molecule has 1 aromatic rings. The first-order valence-corrected chi connectivity index (χ1v) is 6.59. The molecule has 0 spiro atoms. The summed E-state index contributed by atoms with van der Waals surface area (Å²) in [5.74, 6) is -2.03. The minimum atomic E-state index is -0.910. The Morgan fingerprint density at radius 3 is 2.81 bits per heavy atom. The molecule has 2 N–H and O–H groups in total. The number of nitrogens with one attached hydrogen (secondary N) is 1. The summed E-state index contributed by atoms with van der Waals surface area (Å²) in [5.41, 5.74) is 0. The molecule has 2 rings (SSSR count). The van der Waals surface area contributed by atoms with Crippen LogP contribution in [0.5, 0.6) is 5.75 Å². The number of aliphatic carboxylic acids is 1. The molecule has 21 heavy (non-hydrogen) atoms. The van der Waals surface area contributed by atoms with Gasteiger partial charge in [0.05, 0.1) is 5.92 Å². The predicted octanol–water partition coefficient (Wildman–Crippen LogP) is 1.74. The lowest BCUT2D eigenvalue weighted by molar-refractivity contribution is -0.140. The van der Waals surface area contributed by atoms with Crippen molar-refractivity contribution in [3.63, 3.8) is 0 Å². The maximum Gasteiger partial charge on any atom is 0.310 e. The van der Waals surface area contributed by atoms with Gasteiger partial charge >= 0.3 is 5.97 Å². The van der Waals surface area contributed by atoms with Gasteiger partial charge in [0.1, 0.15) is 11.6 Å². The van der Waals surface area contributed by atoms with E-state index < -0.39 is 23.8 Å². The molecule has 3 unspecified atom stereocenters. The minimum absolute atomic E-state index is 0.267. The summed E-state index contributed by atoms with van der Waals surface area (Å²) < 4.78 is 18.4. The third kappa shape index (κ3) is 4.05. The van der Waals surface area contributed by atoms with E-state index in [0.717, 1.165) is 0 Å². The van der Waals surface area contributed by atoms with Crippen LogP contribution in [0, 0.1) is 11.7 Å². The van der Waals surface area contributed by atoms with Crippen LogP contribution in [0.1, 0.15) is 13.3 Å². The van der Waals surface area contributed by atoms with Crippen LogP contribution >= 0.6 is 0 Å². The zero-order chi connectivity index (χ0) is 15.4. The molecule has 1 aliphatic rings. The van der Waals surface area contributed by atoms with Gasteiger partial charge in [0.15, 0.2) is 6.10 Å². The molecule has 0 aliphatic heterocycles. The van der Waals surface area contributed by atoms with Gasteiger partial charge in [0, 0.05) is 12.1 Å². The number of rotatable bonds is 5. The fourth-order valence-corrected chi connectivity index (χ4v) is 2.09. The summed E-state index contributed by atoms with van der Waals surface area (Å²) >= 11 is 0. The van der Waals surface area contributed by atoms with Gasteiger partial charge in [-0.3, -0.25) is 9.59 Å². The average molecular weight is 293 g/mol. The first-order chi connectivity index (χ1) is 9.95. The number of carbonyl (C=O) groups excluding carboxylic acids is 1. The highest BCUT2D eigenvalue weighted by molar-refractivity contribution is 5.81. The normalized spacial score (nSPS) is 21.8. The van der Waals surface area contributed by atoms with E-state index in [4.69, 9.17) is 9.84 Å². The van der Waals surface area contributed by atoms with Crippen LogP contribution < -0.4 is 10.1 Å². The maximum atomic E-state index is 13.0. The lowest BCUT2D eigenvalue weighted by Crippen LogP contribution is -2.41. The van der Waals surface area contributed by atoms with E-state index in [0.29, 0.717) is 6.42 Å². The number of halogens is 1. The van der Waals surface area contributed by atoms with Crippen LogP contribution in [-0.4, -0.2) is 29.1 Å². The molecular weight excluding hydrogens is 277 g/mol. The molecule has 0 saturated heterocycles. The van der Waals surface area contributed by atoms with Crippen molar-refractivity contribution in [2.24, 2.45) is 5.92 Å². The summed E-state index contributed by atoms with van der Waals surface area (Å²) in [6, 6.07) is 5.21. The van der Waals surface area contributed by atoms with Gasteiger partial charge in [0.25, 0.3) is 5.91 Å². The lowest BCUT2D eigenvalue weighted by Gasteiger charge is -2.18. The van der Waals surface area contributed by atoms with Crippen LogP contribution in [0.15, 0.2) is 36.4 Å². The molecule has 112 valence electrons. The van der Waals surface area contributed by atoms with Crippen molar-refractivity contribution in [2.45, 2.75) is 25.5 Å². The fourth-order valence-electron chi connectivity index (χ4n) is 2.09. The quantitative estimate of drug-likeness (QED) is 0.811. The van der Waals surface area contributed by atoms with E-state index >= 15 is 0 Å². The first kappa shape index (κ1) is 15.0. The Hall–Kier alpha value is -2.37. The number of amides is 1. The topological polar surface area (TPSA) is 75.6 Å². The minimum Gasteiger partial charge on any atom is -0.481 e. The Balaban J connectivity index is 1.86. The monoisotopic (exact) mass is 293 g/mol. The van der Waals surface area contributed by atoms with Crippen molar-refractivity contribution < 1.29 is 23.8 Å². The number of carboxylic acids is 1. The van der Waals surface area contributed by atoms with Crippen LogP contribution in [0.4, 0.5) is 4.39 Å². The Bertz CT molecular complexity index is 573. The molecule has 1 aromatic carbocycles. The van der Waals surface area contributed by atoms with Crippen LogP contribution in [-0.2, 0) is 9.59 Å². The summed E-state index contributed by atoms with van der Waals surface area (Å²) in [6.07, 6.45) is 2.74. The van der Waals surface area contributed by atoms with E-state index in [9.17, 15) is 14.0 Å². The van der Waals surface area contributed by atoms with Crippen LogP contribution in [0.2, 0.25) is 0 Å². The van der Waals surface area contributed by atoms with Crippen molar-refractivity contribution >= 4 is 11.9 Å². The molecule has 0 aromatic heterocycles. The fraction of sp³-hybridized carbons (Fsp3) is 0.333. The van der Waals surface area contributed by atoms with Crippen molar-refractivity contribution in [1.29, 1.82) is 0 Å². The van der Waals surface area contributed by atoms with Crippen molar-refractivity contribution in [1.82, 2.24) is 5.32 Å². The van der Waals surface area contributed by atoms with Crippen LogP contribution in [0.3, 0.4) is 0 Å². The summed E-state index contributed by atoms with van der Waals surface area (Å²) in [7, 11) is 0. The van der Waals surface area contributed by atoms with Crippen molar-refractivity contribution in [3.05, 3.63) is 42.2 Å². The highest BCUT2D eigenvalue weighted by atomic mass is 19.1. The Kier molecular flexibility index (Phi) is 4.57. The summed E-state index contributed by atoms with van der Waals surface area (Å²) in [4.78, 5) is 22.8. The van der Waals surface area contributed by atoms with E-state index in [2.05, 4.69) is 5.32 Å². The standard InChI is InChI=1S/C15H16FNO4/c1-9(21-13-4-2-3-11(16)8-13)14(18)17-12-6-5-10(7-12)15(19)20/h2-6,8-10,12H,7H2,1H3,(H,17,18)(H,19,20). The van der Waals surface area contributed by atoms with Gasteiger partial charge in [0.2, 0.25) is 0 Å². The molecule has 1 amide bonds. The second-order valence-electron chi connectivity index (χ2n) is 4.90. The number of carboxylic acid groups (broad SMARTS) is 1. The van der Waals surface area contributed by atoms with E-state index in [1.807, 2.05) is 0 Å². The molecule has 1 aliphatic carbocycles. The molecule has 0 radical (unpaired) electrons. The average Bonchev–Trinajstić information content (AvgIpc) is 2.87. The van der Waals surface area contributed by atoms with E-state index in [1.54, 1.807) is 25.1 Å². The molecule has 0 fully saturated rings. The summed E-state index contributed by atoms with van der Waals surface area (Å²) in [6.45, 7) is 1.55. The van der Waals surface area contributed by atoms with Crippen molar-refractivity contribution in [3.8, 4) is 5.75 Å². The van der Waals surface area contributed by atoms with Gasteiger partial charge in [-0.1, -0.05) is 18.2 Å². The highest BCUT2D eigenvalue weighted by Gasteiger charge is 2.27. The summed E-state index contributed by atoms with van der Waals surface area (Å²) in [5, 5.41) is 11.6. The van der Waals surface area contributed by atoms with Gasteiger partial charge < -0.3 is 15.2 Å². The second kappa shape index (κ2) is 6.39. The Morgan fingerprint density at radius 1 is 1.43 bits per heavy atom. The predicted molar refractivity (Wildman–Crippen MR) is 73.3 cm³/mol. The molecule has 0 bridgehead atoms. The van der Waals surface area contributed by atoms with Gasteiger partial charge in [-0.25, -0.2) is 4.39 Å². The number of benzene rings is 1. The second-order valence-corrected chi connectivity index (χ2v) is 4.90. The van der Waals surface area contributed by atoms with E-state index in [-0.39, 0.29) is 17.7 Å². The van der Waals surface area contributed by atoms with E-state index in [1.165, 1.54) is 18.2 Å². The van der Waals surface area contributed by atoms with Gasteiger partial charge in [-0.2, -0.15) is 0 Å². The van der Waals surface area contributed by atoms with Gasteiger partial charge in [-0.05, 0) is 25.5 Å². The smallest absolute Gasteiger partial charge is 0.310 e. The zero-order valence-electron chi connectivity index (χ0n) is 11.5. The molecule has 5 nitrogen and oxygen atoms in total. The number of ether oxygens (including phenoxy) is 1. The molecular formula is C15H16FNO4.